The molecular formula is C29H31F3N6O3S. The van der Waals surface area contributed by atoms with Gasteiger partial charge in [0.1, 0.15) is 16.8 Å². The molecule has 0 radical (unpaired) electrons. The van der Waals surface area contributed by atoms with E-state index in [0.29, 0.717) is 30.6 Å². The molecule has 2 atom stereocenters. The number of thiazole rings is 1. The molecule has 3 aromatic heterocycles. The Morgan fingerprint density at radius 1 is 1.12 bits per heavy atom. The summed E-state index contributed by atoms with van der Waals surface area (Å²) in [6.07, 6.45) is 1.31. The molecule has 0 unspecified atom stereocenters. The SMILES string of the molecule is C[C@@H](NC(=O)c1cc2c(cn1)ncn2[C@H]1CCN(C(=O)OC(C)(C)C)C1)c1cnc(Cc2ccc(C(F)(F)F)cc2)s1. The number of likely N-dealkylation sites (tertiary alicyclic amines) is 1. The number of fused-ring (bicyclic) bond motifs is 1. The number of nitrogens with one attached hydrogen (secondary N) is 1. The Bertz CT molecular complexity index is 1590. The second-order valence-electron chi connectivity index (χ2n) is 11.3. The average Bonchev–Trinajstić information content (AvgIpc) is 3.66. The molecule has 0 saturated carbocycles. The van der Waals surface area contributed by atoms with Crippen LogP contribution in [0.15, 0.2) is 49.1 Å². The maximum absolute atomic E-state index is 13.1. The van der Waals surface area contributed by atoms with Gasteiger partial charge < -0.3 is 19.5 Å². The van der Waals surface area contributed by atoms with Crippen LogP contribution < -0.4 is 5.32 Å². The third kappa shape index (κ3) is 6.72. The van der Waals surface area contributed by atoms with Crippen molar-refractivity contribution in [3.8, 4) is 0 Å². The van der Waals surface area contributed by atoms with Crippen LogP contribution in [0.4, 0.5) is 18.0 Å². The van der Waals surface area contributed by atoms with E-state index >= 15 is 0 Å². The van der Waals surface area contributed by atoms with Crippen LogP contribution in [0.25, 0.3) is 11.0 Å². The molecule has 9 nitrogen and oxygen atoms in total. The summed E-state index contributed by atoms with van der Waals surface area (Å²) in [5, 5.41) is 3.68. The number of ether oxygens (including phenoxy) is 1. The molecule has 1 fully saturated rings. The summed E-state index contributed by atoms with van der Waals surface area (Å²) >= 11 is 1.39. The molecule has 1 saturated heterocycles. The van der Waals surface area contributed by atoms with E-state index in [1.165, 1.54) is 23.5 Å². The van der Waals surface area contributed by atoms with Crippen LogP contribution in [0.5, 0.6) is 0 Å². The molecule has 13 heteroatoms. The lowest BCUT2D eigenvalue weighted by Gasteiger charge is -2.24. The van der Waals surface area contributed by atoms with Crippen LogP contribution in [0.2, 0.25) is 0 Å². The maximum atomic E-state index is 13.1. The van der Waals surface area contributed by atoms with Crippen molar-refractivity contribution in [2.24, 2.45) is 0 Å². The molecule has 0 spiro atoms. The second-order valence-corrected chi connectivity index (χ2v) is 12.4. The summed E-state index contributed by atoms with van der Waals surface area (Å²) in [5.41, 5.74) is 1.07. The topological polar surface area (TPSA) is 102 Å². The number of benzene rings is 1. The zero-order valence-corrected chi connectivity index (χ0v) is 24.4. The van der Waals surface area contributed by atoms with E-state index in [0.717, 1.165) is 34.0 Å². The Balaban J connectivity index is 1.23. The first-order valence-electron chi connectivity index (χ1n) is 13.5. The molecule has 1 aromatic carbocycles. The zero-order chi connectivity index (χ0) is 30.2. The minimum atomic E-state index is -4.38. The highest BCUT2D eigenvalue weighted by Gasteiger charge is 2.32. The largest absolute Gasteiger partial charge is 0.444 e. The molecule has 4 aromatic rings. The number of pyridine rings is 1. The fourth-order valence-corrected chi connectivity index (χ4v) is 5.70. The number of nitrogens with zero attached hydrogens (tertiary/aromatic N) is 5. The molecule has 0 aliphatic carbocycles. The lowest BCUT2D eigenvalue weighted by Crippen LogP contribution is -2.35. The van der Waals surface area contributed by atoms with Gasteiger partial charge in [-0.25, -0.2) is 19.7 Å². The van der Waals surface area contributed by atoms with Crippen molar-refractivity contribution in [1.29, 1.82) is 0 Å². The van der Waals surface area contributed by atoms with Gasteiger partial charge in [0.05, 0.1) is 40.7 Å². The number of rotatable bonds is 6. The van der Waals surface area contributed by atoms with Gasteiger partial charge >= 0.3 is 12.3 Å². The maximum Gasteiger partial charge on any atom is 0.416 e. The van der Waals surface area contributed by atoms with E-state index < -0.39 is 17.3 Å². The predicted molar refractivity (Wildman–Crippen MR) is 151 cm³/mol. The lowest BCUT2D eigenvalue weighted by atomic mass is 10.1. The van der Waals surface area contributed by atoms with Crippen molar-refractivity contribution in [2.75, 3.05) is 13.1 Å². The minimum absolute atomic E-state index is 0.0139. The van der Waals surface area contributed by atoms with Crippen molar-refractivity contribution in [3.63, 3.8) is 0 Å². The highest BCUT2D eigenvalue weighted by molar-refractivity contribution is 7.11. The summed E-state index contributed by atoms with van der Waals surface area (Å²) in [7, 11) is 0. The van der Waals surface area contributed by atoms with Crippen molar-refractivity contribution in [2.45, 2.75) is 64.4 Å². The van der Waals surface area contributed by atoms with E-state index in [2.05, 4.69) is 20.3 Å². The van der Waals surface area contributed by atoms with Crippen molar-refractivity contribution in [3.05, 3.63) is 75.8 Å². The smallest absolute Gasteiger partial charge is 0.416 e. The Hall–Kier alpha value is -4.00. The van der Waals surface area contributed by atoms with Gasteiger partial charge in [-0.05, 0) is 57.9 Å². The minimum Gasteiger partial charge on any atom is -0.444 e. The van der Waals surface area contributed by atoms with Gasteiger partial charge in [-0.15, -0.1) is 11.3 Å². The summed E-state index contributed by atoms with van der Waals surface area (Å²) in [4.78, 5) is 41.3. The van der Waals surface area contributed by atoms with Gasteiger partial charge in [0.2, 0.25) is 0 Å². The number of amides is 2. The Labute approximate surface area is 244 Å². The fourth-order valence-electron chi connectivity index (χ4n) is 4.74. The second kappa shape index (κ2) is 11.3. The highest BCUT2D eigenvalue weighted by atomic mass is 32.1. The number of hydrogen-bond donors (Lipinski definition) is 1. The van der Waals surface area contributed by atoms with E-state index in [1.54, 1.807) is 29.7 Å². The molecule has 4 heterocycles. The number of halogens is 3. The Morgan fingerprint density at radius 2 is 1.86 bits per heavy atom. The van der Waals surface area contributed by atoms with E-state index in [4.69, 9.17) is 4.74 Å². The van der Waals surface area contributed by atoms with E-state index in [1.807, 2.05) is 32.3 Å². The van der Waals surface area contributed by atoms with Gasteiger partial charge in [0.15, 0.2) is 0 Å². The van der Waals surface area contributed by atoms with Crippen LogP contribution in [0.1, 0.15) is 77.7 Å². The number of imidazole rings is 1. The summed E-state index contributed by atoms with van der Waals surface area (Å²) < 4.78 is 46.0. The van der Waals surface area contributed by atoms with Gasteiger partial charge in [0, 0.05) is 30.6 Å². The van der Waals surface area contributed by atoms with Gasteiger partial charge in [-0.1, -0.05) is 12.1 Å². The molecule has 1 aliphatic rings. The third-order valence-corrected chi connectivity index (χ3v) is 8.06. The number of hydrogen-bond acceptors (Lipinski definition) is 7. The number of alkyl halides is 3. The monoisotopic (exact) mass is 600 g/mol. The van der Waals surface area contributed by atoms with Crippen molar-refractivity contribution in [1.82, 2.24) is 29.7 Å². The number of aromatic nitrogens is 4. The molecule has 222 valence electrons. The summed E-state index contributed by atoms with van der Waals surface area (Å²) in [6.45, 7) is 8.37. The lowest BCUT2D eigenvalue weighted by molar-refractivity contribution is -0.137. The normalized spacial score (nSPS) is 16.5. The van der Waals surface area contributed by atoms with Gasteiger partial charge in [-0.2, -0.15) is 13.2 Å². The fraction of sp³-hybridized carbons (Fsp3) is 0.414. The quantitative estimate of drug-likeness (QED) is 0.284. The first-order valence-corrected chi connectivity index (χ1v) is 14.3. The van der Waals surface area contributed by atoms with Crippen LogP contribution >= 0.6 is 11.3 Å². The molecular weight excluding hydrogens is 569 g/mol. The molecule has 0 bridgehead atoms. The standard InChI is InChI=1S/C29H31F3N6O3S/c1-17(24-14-34-25(42-24)11-18-5-7-19(8-6-18)29(30,31)32)36-26(39)21-12-23-22(13-33-21)35-16-38(23)20-9-10-37(15-20)27(40)41-28(2,3)4/h5-8,12-14,16-17,20H,9-11,15H2,1-4H3,(H,36,39)/t17-,20+/m1/s1. The molecule has 2 amide bonds. The van der Waals surface area contributed by atoms with Gasteiger partial charge in [-0.3, -0.25) is 4.79 Å². The van der Waals surface area contributed by atoms with Crippen molar-refractivity contribution < 1.29 is 27.5 Å². The first kappa shape index (κ1) is 29.5. The van der Waals surface area contributed by atoms with Crippen LogP contribution in [0.3, 0.4) is 0 Å². The Kier molecular flexibility index (Phi) is 7.97. The molecule has 5 rings (SSSR count). The Morgan fingerprint density at radius 3 is 2.55 bits per heavy atom. The summed E-state index contributed by atoms with van der Waals surface area (Å²) in [5.74, 6) is -0.364. The molecule has 42 heavy (non-hydrogen) atoms. The van der Waals surface area contributed by atoms with Crippen LogP contribution in [0, 0.1) is 0 Å². The average molecular weight is 601 g/mol. The van der Waals surface area contributed by atoms with Crippen LogP contribution in [-0.4, -0.2) is 55.1 Å². The van der Waals surface area contributed by atoms with Crippen molar-refractivity contribution >= 4 is 34.4 Å². The zero-order valence-electron chi connectivity index (χ0n) is 23.6. The number of carbonyl (C=O) groups is 2. The van der Waals surface area contributed by atoms with E-state index in [-0.39, 0.29) is 29.8 Å². The molecule has 1 aliphatic heterocycles. The number of carbonyl (C=O) groups excluding carboxylic acids is 2. The first-order chi connectivity index (χ1) is 19.8. The van der Waals surface area contributed by atoms with E-state index in [9.17, 15) is 22.8 Å². The molecule has 1 N–H and O–H groups in total. The van der Waals surface area contributed by atoms with Crippen LogP contribution in [-0.2, 0) is 17.3 Å². The predicted octanol–water partition coefficient (Wildman–Crippen LogP) is 6.17. The third-order valence-electron chi connectivity index (χ3n) is 6.88. The highest BCUT2D eigenvalue weighted by Crippen LogP contribution is 2.30. The summed E-state index contributed by atoms with van der Waals surface area (Å²) in [6, 6.07) is 6.34. The van der Waals surface area contributed by atoms with Gasteiger partial charge in [0.25, 0.3) is 5.91 Å².